The van der Waals surface area contributed by atoms with Crippen molar-refractivity contribution >= 4 is 46.4 Å². The van der Waals surface area contributed by atoms with E-state index < -0.39 is 18.5 Å². The van der Waals surface area contributed by atoms with Gasteiger partial charge in [-0.1, -0.05) is 11.6 Å². The minimum absolute atomic E-state index is 0.129. The first-order valence-electron chi connectivity index (χ1n) is 6.15. The molecule has 2 aromatic heterocycles. The zero-order chi connectivity index (χ0) is 16.1. The molecule has 2 rings (SSSR count). The van der Waals surface area contributed by atoms with Crippen LogP contribution in [0.1, 0.15) is 26.3 Å². The Morgan fingerprint density at radius 1 is 1.23 bits per heavy atom. The van der Waals surface area contributed by atoms with Crippen LogP contribution in [0.4, 0.5) is 5.82 Å². The number of carbonyl (C=O) groups is 3. The van der Waals surface area contributed by atoms with Crippen molar-refractivity contribution in [3.63, 3.8) is 0 Å². The SMILES string of the molecule is CC(=O)c1ccc(C(=O)OCC(=O)Nc2ccc(Cl)cn2)s1. The van der Waals surface area contributed by atoms with Gasteiger partial charge in [-0.25, -0.2) is 9.78 Å². The number of Topliss-reactive ketones (excluding diaryl/α,β-unsaturated/α-hetero) is 1. The zero-order valence-corrected chi connectivity index (χ0v) is 13.0. The molecule has 22 heavy (non-hydrogen) atoms. The molecular formula is C14H11ClN2O4S. The van der Waals surface area contributed by atoms with E-state index in [9.17, 15) is 14.4 Å². The van der Waals surface area contributed by atoms with Gasteiger partial charge in [0.2, 0.25) is 0 Å². The van der Waals surface area contributed by atoms with Crippen molar-refractivity contribution in [3.05, 3.63) is 45.2 Å². The molecule has 0 unspecified atom stereocenters. The summed E-state index contributed by atoms with van der Waals surface area (Å²) in [7, 11) is 0. The van der Waals surface area contributed by atoms with Crippen LogP contribution >= 0.6 is 22.9 Å². The van der Waals surface area contributed by atoms with Gasteiger partial charge in [-0.2, -0.15) is 0 Å². The minimum atomic E-state index is -0.656. The van der Waals surface area contributed by atoms with E-state index in [0.29, 0.717) is 15.7 Å². The highest BCUT2D eigenvalue weighted by Gasteiger charge is 2.14. The maximum Gasteiger partial charge on any atom is 0.348 e. The van der Waals surface area contributed by atoms with Crippen LogP contribution in [0, 0.1) is 0 Å². The van der Waals surface area contributed by atoms with E-state index in [1.807, 2.05) is 0 Å². The summed E-state index contributed by atoms with van der Waals surface area (Å²) in [6.45, 7) is 0.962. The molecule has 0 bridgehead atoms. The summed E-state index contributed by atoms with van der Waals surface area (Å²) >= 11 is 6.70. The van der Waals surface area contributed by atoms with Gasteiger partial charge in [-0.05, 0) is 31.2 Å². The van der Waals surface area contributed by atoms with E-state index in [1.165, 1.54) is 25.3 Å². The van der Waals surface area contributed by atoms with Gasteiger partial charge in [0.15, 0.2) is 12.4 Å². The number of aromatic nitrogens is 1. The van der Waals surface area contributed by atoms with Gasteiger partial charge in [0.05, 0.1) is 9.90 Å². The number of ketones is 1. The Hall–Kier alpha value is -2.25. The smallest absolute Gasteiger partial charge is 0.348 e. The Morgan fingerprint density at radius 3 is 2.55 bits per heavy atom. The highest BCUT2D eigenvalue weighted by Crippen LogP contribution is 2.18. The normalized spacial score (nSPS) is 10.1. The number of halogens is 1. The zero-order valence-electron chi connectivity index (χ0n) is 11.5. The van der Waals surface area contributed by atoms with Crippen molar-refractivity contribution in [1.82, 2.24) is 4.98 Å². The first-order valence-corrected chi connectivity index (χ1v) is 7.34. The molecule has 6 nitrogen and oxygen atoms in total. The second kappa shape index (κ2) is 7.15. The first kappa shape index (κ1) is 16.1. The summed E-state index contributed by atoms with van der Waals surface area (Å²) in [6, 6.07) is 6.13. The molecular weight excluding hydrogens is 328 g/mol. The Morgan fingerprint density at radius 2 is 1.95 bits per heavy atom. The average molecular weight is 339 g/mol. The van der Waals surface area contributed by atoms with Crippen molar-refractivity contribution in [2.75, 3.05) is 11.9 Å². The summed E-state index contributed by atoms with van der Waals surface area (Å²) < 4.78 is 4.87. The number of hydrogen-bond donors (Lipinski definition) is 1. The topological polar surface area (TPSA) is 85.4 Å². The molecule has 0 saturated heterocycles. The number of ether oxygens (including phenoxy) is 1. The Labute approximate surface area is 135 Å². The number of amides is 1. The number of nitrogens with zero attached hydrogens (tertiary/aromatic N) is 1. The lowest BCUT2D eigenvalue weighted by atomic mass is 10.3. The second-order valence-electron chi connectivity index (χ2n) is 4.21. The van der Waals surface area contributed by atoms with Crippen LogP contribution in [0.15, 0.2) is 30.5 Å². The number of pyridine rings is 1. The minimum Gasteiger partial charge on any atom is -0.451 e. The largest absolute Gasteiger partial charge is 0.451 e. The molecule has 2 heterocycles. The maximum absolute atomic E-state index is 11.7. The number of rotatable bonds is 5. The van der Waals surface area contributed by atoms with Crippen LogP contribution in [0.5, 0.6) is 0 Å². The molecule has 1 amide bonds. The van der Waals surface area contributed by atoms with Gasteiger partial charge in [0.25, 0.3) is 5.91 Å². The average Bonchev–Trinajstić information content (AvgIpc) is 2.97. The van der Waals surface area contributed by atoms with E-state index in [4.69, 9.17) is 16.3 Å². The highest BCUT2D eigenvalue weighted by atomic mass is 35.5. The van der Waals surface area contributed by atoms with Gasteiger partial charge in [-0.3, -0.25) is 9.59 Å². The van der Waals surface area contributed by atoms with E-state index >= 15 is 0 Å². The van der Waals surface area contributed by atoms with E-state index in [0.717, 1.165) is 11.3 Å². The first-order chi connectivity index (χ1) is 10.5. The molecule has 0 fully saturated rings. The van der Waals surface area contributed by atoms with Crippen LogP contribution in [0.2, 0.25) is 5.02 Å². The highest BCUT2D eigenvalue weighted by molar-refractivity contribution is 7.15. The fraction of sp³-hybridized carbons (Fsp3) is 0.143. The molecule has 2 aromatic rings. The molecule has 0 aliphatic carbocycles. The molecule has 8 heteroatoms. The summed E-state index contributed by atoms with van der Waals surface area (Å²) in [6.07, 6.45) is 1.39. The third kappa shape index (κ3) is 4.37. The lowest BCUT2D eigenvalue weighted by Crippen LogP contribution is -2.21. The second-order valence-corrected chi connectivity index (χ2v) is 5.73. The molecule has 0 aliphatic rings. The van der Waals surface area contributed by atoms with Gasteiger partial charge in [0, 0.05) is 6.20 Å². The fourth-order valence-corrected chi connectivity index (χ4v) is 2.37. The molecule has 0 atom stereocenters. The Balaban J connectivity index is 1.86. The molecule has 114 valence electrons. The van der Waals surface area contributed by atoms with Crippen molar-refractivity contribution in [3.8, 4) is 0 Å². The molecule has 0 spiro atoms. The summed E-state index contributed by atoms with van der Waals surface area (Å²) in [5.74, 6) is -1.00. The van der Waals surface area contributed by atoms with Gasteiger partial charge >= 0.3 is 5.97 Å². The summed E-state index contributed by atoms with van der Waals surface area (Å²) in [5.41, 5.74) is 0. The molecule has 0 radical (unpaired) electrons. The quantitative estimate of drug-likeness (QED) is 0.669. The van der Waals surface area contributed by atoms with E-state index in [-0.39, 0.29) is 10.7 Å². The molecule has 0 saturated carbocycles. The number of anilines is 1. The van der Waals surface area contributed by atoms with Crippen molar-refractivity contribution in [2.24, 2.45) is 0 Å². The molecule has 0 aliphatic heterocycles. The molecule has 0 aromatic carbocycles. The van der Waals surface area contributed by atoms with Crippen molar-refractivity contribution in [1.29, 1.82) is 0 Å². The number of thiophene rings is 1. The van der Waals surface area contributed by atoms with Crippen LogP contribution in [-0.4, -0.2) is 29.3 Å². The Kier molecular flexibility index (Phi) is 5.24. The van der Waals surface area contributed by atoms with Gasteiger partial charge < -0.3 is 10.1 Å². The van der Waals surface area contributed by atoms with Crippen LogP contribution in [-0.2, 0) is 9.53 Å². The number of nitrogens with one attached hydrogen (secondary N) is 1. The summed E-state index contributed by atoms with van der Waals surface area (Å²) in [4.78, 5) is 39.1. The number of hydrogen-bond acceptors (Lipinski definition) is 6. The van der Waals surface area contributed by atoms with Crippen LogP contribution in [0.25, 0.3) is 0 Å². The number of carbonyl (C=O) groups excluding carboxylic acids is 3. The predicted octanol–water partition coefficient (Wildman–Crippen LogP) is 2.79. The predicted molar refractivity (Wildman–Crippen MR) is 82.5 cm³/mol. The Bertz CT molecular complexity index is 712. The monoisotopic (exact) mass is 338 g/mol. The molecule has 1 N–H and O–H groups in total. The standard InChI is InChI=1S/C14H11ClN2O4S/c1-8(18)10-3-4-11(22-10)14(20)21-7-13(19)17-12-5-2-9(15)6-16-12/h2-6H,7H2,1H3,(H,16,17,19). The van der Waals surface area contributed by atoms with E-state index in [1.54, 1.807) is 12.1 Å². The van der Waals surface area contributed by atoms with Crippen LogP contribution in [0.3, 0.4) is 0 Å². The lowest BCUT2D eigenvalue weighted by Gasteiger charge is -2.05. The van der Waals surface area contributed by atoms with Crippen LogP contribution < -0.4 is 5.32 Å². The van der Waals surface area contributed by atoms with Gasteiger partial charge in [-0.15, -0.1) is 11.3 Å². The summed E-state index contributed by atoms with van der Waals surface area (Å²) in [5, 5.41) is 2.91. The maximum atomic E-state index is 11.7. The van der Waals surface area contributed by atoms with E-state index in [2.05, 4.69) is 10.3 Å². The van der Waals surface area contributed by atoms with Gasteiger partial charge in [0.1, 0.15) is 10.7 Å². The third-order valence-corrected chi connectivity index (χ3v) is 3.87. The van der Waals surface area contributed by atoms with Crippen molar-refractivity contribution in [2.45, 2.75) is 6.92 Å². The number of esters is 1. The third-order valence-electron chi connectivity index (χ3n) is 2.48. The fourth-order valence-electron chi connectivity index (χ4n) is 1.47. The van der Waals surface area contributed by atoms with Crippen molar-refractivity contribution < 1.29 is 19.1 Å². The lowest BCUT2D eigenvalue weighted by molar-refractivity contribution is -0.119.